The van der Waals surface area contributed by atoms with E-state index in [1.807, 2.05) is 6.07 Å². The van der Waals surface area contributed by atoms with Crippen LogP contribution in [0.2, 0.25) is 0 Å². The summed E-state index contributed by atoms with van der Waals surface area (Å²) in [4.78, 5) is 22.0. The van der Waals surface area contributed by atoms with Crippen LogP contribution in [-0.4, -0.2) is 41.0 Å². The fourth-order valence-corrected chi connectivity index (χ4v) is 5.91. The minimum Gasteiger partial charge on any atom is -0.339 e. The minimum absolute atomic E-state index is 0.0582. The lowest BCUT2D eigenvalue weighted by atomic mass is 10.0. The molecule has 2 N–H and O–H groups in total. The average Bonchev–Trinajstić information content (AvgIpc) is 3.19. The molecule has 2 heterocycles. The number of alkyl halides is 3. The highest BCUT2D eigenvalue weighted by Gasteiger charge is 2.37. The predicted molar refractivity (Wildman–Crippen MR) is 142 cm³/mol. The lowest BCUT2D eigenvalue weighted by molar-refractivity contribution is -0.137. The first kappa shape index (κ1) is 29.0. The van der Waals surface area contributed by atoms with Gasteiger partial charge in [0.1, 0.15) is 11.4 Å². The van der Waals surface area contributed by atoms with Gasteiger partial charge in [0.2, 0.25) is 5.95 Å². The molecule has 0 unspecified atom stereocenters. The van der Waals surface area contributed by atoms with E-state index in [0.29, 0.717) is 23.0 Å². The van der Waals surface area contributed by atoms with Crippen molar-refractivity contribution >= 4 is 36.6 Å². The van der Waals surface area contributed by atoms with Crippen molar-refractivity contribution < 1.29 is 31.6 Å². The van der Waals surface area contributed by atoms with E-state index in [0.717, 1.165) is 0 Å². The Morgan fingerprint density at radius 2 is 1.77 bits per heavy atom. The normalized spacial score (nSPS) is 13.2. The van der Waals surface area contributed by atoms with E-state index in [4.69, 9.17) is 9.05 Å². The maximum absolute atomic E-state index is 13.8. The third kappa shape index (κ3) is 6.25. The molecule has 0 aliphatic carbocycles. The van der Waals surface area contributed by atoms with E-state index in [9.17, 15) is 27.8 Å². The van der Waals surface area contributed by atoms with Gasteiger partial charge in [-0.05, 0) is 43.7 Å². The maximum atomic E-state index is 13.8. The van der Waals surface area contributed by atoms with E-state index in [1.165, 1.54) is 17.0 Å². The fraction of sp³-hybridized carbons (Fsp3) is 0.308. The van der Waals surface area contributed by atoms with Gasteiger partial charge < -0.3 is 24.6 Å². The molecule has 0 fully saturated rings. The second-order valence-electron chi connectivity index (χ2n) is 8.79. The van der Waals surface area contributed by atoms with Gasteiger partial charge in [0.05, 0.1) is 42.3 Å². The average molecular weight is 575 g/mol. The number of anilines is 4. The van der Waals surface area contributed by atoms with E-state index in [1.54, 1.807) is 45.2 Å². The number of aromatic nitrogens is 2. The van der Waals surface area contributed by atoms with Gasteiger partial charge in [-0.25, -0.2) is 4.98 Å². The Bertz CT molecular complexity index is 1500. The molecule has 1 amide bonds. The SMILES string of the molecule is CCOP(=O)(Cc1ccc(Nc2ncc(C(F)(F)F)c(Nc3ccc(C#N)c4c3C(=O)N(C)C4)n2)cc1)OCC. The molecule has 3 aromatic rings. The molecular formula is C26H26F3N6O4P. The van der Waals surface area contributed by atoms with Crippen LogP contribution in [0, 0.1) is 11.3 Å². The number of amides is 1. The molecule has 0 radical (unpaired) electrons. The third-order valence-electron chi connectivity index (χ3n) is 5.97. The zero-order valence-corrected chi connectivity index (χ0v) is 22.8. The Morgan fingerprint density at radius 1 is 1.10 bits per heavy atom. The largest absolute Gasteiger partial charge is 0.421 e. The van der Waals surface area contributed by atoms with E-state index in [2.05, 4.69) is 20.6 Å². The molecule has 0 saturated heterocycles. The topological polar surface area (TPSA) is 129 Å². The Labute approximate surface area is 228 Å². The maximum Gasteiger partial charge on any atom is 0.421 e. The van der Waals surface area contributed by atoms with Gasteiger partial charge in [-0.3, -0.25) is 9.36 Å². The molecule has 1 aliphatic heterocycles. The number of hydrogen-bond donors (Lipinski definition) is 2. The first-order chi connectivity index (χ1) is 19.0. The molecule has 2 aromatic carbocycles. The molecule has 0 atom stereocenters. The predicted octanol–water partition coefficient (Wildman–Crippen LogP) is 6.21. The number of nitrogens with one attached hydrogen (secondary N) is 2. The molecule has 0 spiro atoms. The van der Waals surface area contributed by atoms with Crippen molar-refractivity contribution in [3.63, 3.8) is 0 Å². The van der Waals surface area contributed by atoms with Crippen LogP contribution in [0.15, 0.2) is 42.6 Å². The van der Waals surface area contributed by atoms with E-state index < -0.39 is 31.1 Å². The van der Waals surface area contributed by atoms with Crippen LogP contribution in [-0.2, 0) is 32.5 Å². The number of carbonyl (C=O) groups is 1. The highest BCUT2D eigenvalue weighted by Crippen LogP contribution is 2.51. The molecule has 1 aliphatic rings. The van der Waals surface area contributed by atoms with Gasteiger partial charge in [0.25, 0.3) is 5.91 Å². The number of benzene rings is 2. The van der Waals surface area contributed by atoms with Crippen molar-refractivity contribution in [2.45, 2.75) is 32.7 Å². The molecule has 14 heteroatoms. The number of carbonyl (C=O) groups excluding carboxylic acids is 1. The summed E-state index contributed by atoms with van der Waals surface area (Å²) < 4.78 is 64.9. The first-order valence-electron chi connectivity index (χ1n) is 12.2. The molecule has 4 rings (SSSR count). The summed E-state index contributed by atoms with van der Waals surface area (Å²) in [5, 5.41) is 14.9. The molecule has 0 bridgehead atoms. The van der Waals surface area contributed by atoms with Crippen molar-refractivity contribution in [1.82, 2.24) is 14.9 Å². The molecule has 0 saturated carbocycles. The molecular weight excluding hydrogens is 548 g/mol. The van der Waals surface area contributed by atoms with Crippen molar-refractivity contribution in [3.8, 4) is 6.07 Å². The van der Waals surface area contributed by atoms with Gasteiger partial charge in [-0.2, -0.15) is 23.4 Å². The molecule has 40 heavy (non-hydrogen) atoms. The van der Waals surface area contributed by atoms with Crippen LogP contribution < -0.4 is 10.6 Å². The summed E-state index contributed by atoms with van der Waals surface area (Å²) in [7, 11) is -1.77. The summed E-state index contributed by atoms with van der Waals surface area (Å²) in [5.74, 6) is -1.12. The Kier molecular flexibility index (Phi) is 8.44. The summed E-state index contributed by atoms with van der Waals surface area (Å²) in [6.07, 6.45) is -4.08. The van der Waals surface area contributed by atoms with Gasteiger partial charge in [0.15, 0.2) is 0 Å². The van der Waals surface area contributed by atoms with Gasteiger partial charge >= 0.3 is 13.8 Å². The Hall–Kier alpha value is -3.98. The van der Waals surface area contributed by atoms with E-state index >= 15 is 0 Å². The van der Waals surface area contributed by atoms with Crippen LogP contribution in [0.25, 0.3) is 0 Å². The number of rotatable bonds is 10. The van der Waals surface area contributed by atoms with Crippen LogP contribution in [0.5, 0.6) is 0 Å². The van der Waals surface area contributed by atoms with Crippen molar-refractivity contribution in [2.24, 2.45) is 0 Å². The quantitative estimate of drug-likeness (QED) is 0.272. The smallest absolute Gasteiger partial charge is 0.339 e. The van der Waals surface area contributed by atoms with Crippen molar-refractivity contribution in [1.29, 1.82) is 5.26 Å². The number of nitriles is 1. The fourth-order valence-electron chi connectivity index (χ4n) is 4.21. The van der Waals surface area contributed by atoms with Crippen LogP contribution in [0.3, 0.4) is 0 Å². The number of hydrogen-bond acceptors (Lipinski definition) is 9. The monoisotopic (exact) mass is 574 g/mol. The van der Waals surface area contributed by atoms with Crippen LogP contribution in [0.1, 0.15) is 46.5 Å². The summed E-state index contributed by atoms with van der Waals surface area (Å²) in [6, 6.07) is 11.5. The molecule has 1 aromatic heterocycles. The summed E-state index contributed by atoms with van der Waals surface area (Å²) >= 11 is 0. The standard InChI is InChI=1S/C26H26F3N6O4P/c1-4-38-40(37,39-5-2)15-16-6-9-18(10-7-16)32-25-31-13-20(26(27,28)29)23(34-25)33-21-11-8-17(12-30)19-14-35(3)24(36)22(19)21/h6-11,13H,4-5,14-15H2,1-3H3,(H2,31,32,33,34). The van der Waals surface area contributed by atoms with Crippen LogP contribution >= 0.6 is 7.60 Å². The first-order valence-corrected chi connectivity index (χ1v) is 14.0. The van der Waals surface area contributed by atoms with Crippen molar-refractivity contribution in [2.75, 3.05) is 30.9 Å². The van der Waals surface area contributed by atoms with Gasteiger partial charge in [-0.15, -0.1) is 0 Å². The second-order valence-corrected chi connectivity index (χ2v) is 10.8. The van der Waals surface area contributed by atoms with E-state index in [-0.39, 0.29) is 48.7 Å². The number of nitrogens with zero attached hydrogens (tertiary/aromatic N) is 4. The number of fused-ring (bicyclic) bond motifs is 1. The lowest BCUT2D eigenvalue weighted by Crippen LogP contribution is -2.18. The third-order valence-corrected chi connectivity index (χ3v) is 8.03. The lowest BCUT2D eigenvalue weighted by Gasteiger charge is -2.17. The highest BCUT2D eigenvalue weighted by molar-refractivity contribution is 7.53. The molecule has 210 valence electrons. The minimum atomic E-state index is -4.78. The molecule has 10 nitrogen and oxygen atoms in total. The van der Waals surface area contributed by atoms with Gasteiger partial charge in [0, 0.05) is 31.0 Å². The zero-order valence-electron chi connectivity index (χ0n) is 21.9. The van der Waals surface area contributed by atoms with Crippen molar-refractivity contribution in [3.05, 3.63) is 70.4 Å². The van der Waals surface area contributed by atoms with Crippen LogP contribution in [0.4, 0.5) is 36.3 Å². The summed E-state index contributed by atoms with van der Waals surface area (Å²) in [6.45, 7) is 4.06. The van der Waals surface area contributed by atoms with Gasteiger partial charge in [-0.1, -0.05) is 12.1 Å². The zero-order chi connectivity index (χ0) is 29.1. The Balaban J connectivity index is 1.62. The number of halogens is 3. The highest BCUT2D eigenvalue weighted by atomic mass is 31.2. The Morgan fingerprint density at radius 3 is 2.38 bits per heavy atom. The second kappa shape index (κ2) is 11.6. The summed E-state index contributed by atoms with van der Waals surface area (Å²) in [5.41, 5.74) is 0.920.